The van der Waals surface area contributed by atoms with Gasteiger partial charge in [0.2, 0.25) is 6.79 Å². The molecule has 1 heterocycles. The van der Waals surface area contributed by atoms with Crippen LogP contribution in [0, 0.1) is 5.92 Å². The molecule has 0 atom stereocenters. The van der Waals surface area contributed by atoms with Gasteiger partial charge in [-0.2, -0.15) is 0 Å². The maximum Gasteiger partial charge on any atom is 0.231 e. The van der Waals surface area contributed by atoms with E-state index in [2.05, 4.69) is 19.2 Å². The molecular formula is C18H28N2O3. The van der Waals surface area contributed by atoms with Crippen LogP contribution in [0.5, 0.6) is 11.5 Å². The monoisotopic (exact) mass is 320 g/mol. The van der Waals surface area contributed by atoms with Gasteiger partial charge >= 0.3 is 0 Å². The number of ether oxygens (including phenoxy) is 2. The van der Waals surface area contributed by atoms with Gasteiger partial charge in [-0.25, -0.2) is 0 Å². The van der Waals surface area contributed by atoms with Crippen molar-refractivity contribution in [2.75, 3.05) is 24.4 Å². The van der Waals surface area contributed by atoms with Crippen LogP contribution in [0.25, 0.3) is 0 Å². The Morgan fingerprint density at radius 1 is 1.30 bits per heavy atom. The van der Waals surface area contributed by atoms with Crippen molar-refractivity contribution >= 4 is 11.4 Å². The molecule has 0 radical (unpaired) electrons. The Morgan fingerprint density at radius 3 is 2.61 bits per heavy atom. The molecule has 0 bridgehead atoms. The molecule has 4 N–H and O–H groups in total. The molecule has 0 spiro atoms. The Balaban J connectivity index is 1.73. The third-order valence-electron chi connectivity index (χ3n) is 5.07. The third-order valence-corrected chi connectivity index (χ3v) is 5.07. The molecule has 1 aliphatic carbocycles. The highest BCUT2D eigenvalue weighted by Crippen LogP contribution is 2.48. The van der Waals surface area contributed by atoms with E-state index in [4.69, 9.17) is 15.2 Å². The highest BCUT2D eigenvalue weighted by Gasteiger charge is 2.30. The van der Waals surface area contributed by atoms with E-state index in [1.165, 1.54) is 0 Å². The second-order valence-electron chi connectivity index (χ2n) is 7.47. The van der Waals surface area contributed by atoms with Crippen LogP contribution in [0.1, 0.15) is 57.9 Å². The largest absolute Gasteiger partial charge is 0.453 e. The van der Waals surface area contributed by atoms with E-state index < -0.39 is 5.60 Å². The molecule has 5 heteroatoms. The summed E-state index contributed by atoms with van der Waals surface area (Å²) in [7, 11) is 0. The number of nitrogen functional groups attached to an aromatic ring is 1. The zero-order valence-electron chi connectivity index (χ0n) is 14.3. The van der Waals surface area contributed by atoms with Crippen LogP contribution < -0.4 is 20.5 Å². The van der Waals surface area contributed by atoms with Crippen LogP contribution in [-0.2, 0) is 0 Å². The first-order valence-corrected chi connectivity index (χ1v) is 8.55. The highest BCUT2D eigenvalue weighted by molar-refractivity contribution is 5.80. The summed E-state index contributed by atoms with van der Waals surface area (Å²) in [5, 5.41) is 13.5. The molecule has 0 unspecified atom stereocenters. The number of hydrogen-bond acceptors (Lipinski definition) is 5. The smallest absolute Gasteiger partial charge is 0.231 e. The summed E-state index contributed by atoms with van der Waals surface area (Å²) < 4.78 is 11.3. The summed E-state index contributed by atoms with van der Waals surface area (Å²) in [4.78, 5) is 0. The fourth-order valence-corrected chi connectivity index (χ4v) is 3.48. The first kappa shape index (κ1) is 16.2. The summed E-state index contributed by atoms with van der Waals surface area (Å²) in [6.07, 6.45) is 3.78. The molecule has 1 aromatic carbocycles. The van der Waals surface area contributed by atoms with Gasteiger partial charge in [-0.3, -0.25) is 0 Å². The van der Waals surface area contributed by atoms with Crippen molar-refractivity contribution in [1.82, 2.24) is 0 Å². The predicted molar refractivity (Wildman–Crippen MR) is 92.1 cm³/mol. The summed E-state index contributed by atoms with van der Waals surface area (Å²) in [5.74, 6) is 2.46. The molecule has 1 aromatic rings. The summed E-state index contributed by atoms with van der Waals surface area (Å²) in [5.41, 5.74) is 8.41. The normalized spacial score (nSPS) is 26.6. The molecule has 128 valence electrons. The van der Waals surface area contributed by atoms with E-state index >= 15 is 0 Å². The molecule has 1 aliphatic heterocycles. The first-order chi connectivity index (χ1) is 10.9. The fraction of sp³-hybridized carbons (Fsp3) is 0.667. The van der Waals surface area contributed by atoms with Crippen molar-refractivity contribution in [2.24, 2.45) is 5.92 Å². The SMILES string of the molecule is CC(C)c1cc(N)c(NCC2CCC(C)(O)CC2)c2c1OCO2. The van der Waals surface area contributed by atoms with Crippen molar-refractivity contribution in [2.45, 2.75) is 58.0 Å². The molecule has 23 heavy (non-hydrogen) atoms. The lowest BCUT2D eigenvalue weighted by Crippen LogP contribution is -2.32. The van der Waals surface area contributed by atoms with Crippen LogP contribution in [0.2, 0.25) is 0 Å². The Bertz CT molecular complexity index is 574. The zero-order chi connectivity index (χ0) is 16.6. The Morgan fingerprint density at radius 2 is 1.96 bits per heavy atom. The van der Waals surface area contributed by atoms with Gasteiger partial charge in [0.25, 0.3) is 0 Å². The highest BCUT2D eigenvalue weighted by atomic mass is 16.7. The average molecular weight is 320 g/mol. The second-order valence-corrected chi connectivity index (χ2v) is 7.47. The van der Waals surface area contributed by atoms with E-state index in [-0.39, 0.29) is 6.79 Å². The molecule has 5 nitrogen and oxygen atoms in total. The van der Waals surface area contributed by atoms with Gasteiger partial charge in [0.15, 0.2) is 11.5 Å². The topological polar surface area (TPSA) is 76.7 Å². The van der Waals surface area contributed by atoms with E-state index in [0.29, 0.717) is 17.5 Å². The zero-order valence-corrected chi connectivity index (χ0v) is 14.3. The molecule has 1 fully saturated rings. The van der Waals surface area contributed by atoms with Gasteiger partial charge < -0.3 is 25.6 Å². The molecule has 0 aromatic heterocycles. The number of rotatable bonds is 4. The molecule has 3 rings (SSSR count). The number of anilines is 2. The van der Waals surface area contributed by atoms with Crippen molar-refractivity contribution < 1.29 is 14.6 Å². The average Bonchev–Trinajstić information content (AvgIpc) is 2.96. The fourth-order valence-electron chi connectivity index (χ4n) is 3.48. The number of benzene rings is 1. The maximum absolute atomic E-state index is 10.1. The van der Waals surface area contributed by atoms with Gasteiger partial charge in [0.1, 0.15) is 5.69 Å². The van der Waals surface area contributed by atoms with Gasteiger partial charge in [-0.05, 0) is 50.5 Å². The van der Waals surface area contributed by atoms with Gasteiger partial charge in [0, 0.05) is 12.1 Å². The minimum Gasteiger partial charge on any atom is -0.453 e. The molecule has 1 saturated carbocycles. The number of nitrogens with two attached hydrogens (primary N) is 1. The van der Waals surface area contributed by atoms with Crippen LogP contribution in [0.4, 0.5) is 11.4 Å². The molecule has 0 saturated heterocycles. The Labute approximate surface area is 138 Å². The van der Waals surface area contributed by atoms with Gasteiger partial charge in [-0.15, -0.1) is 0 Å². The van der Waals surface area contributed by atoms with Gasteiger partial charge in [0.05, 0.1) is 11.3 Å². The second kappa shape index (κ2) is 6.11. The predicted octanol–water partition coefficient (Wildman–Crippen LogP) is 3.47. The van der Waals surface area contributed by atoms with Crippen LogP contribution >= 0.6 is 0 Å². The van der Waals surface area contributed by atoms with Crippen molar-refractivity contribution in [3.63, 3.8) is 0 Å². The standard InChI is InChI=1S/C18H28N2O3/c1-11(2)13-8-14(19)15(17-16(13)22-10-23-17)20-9-12-4-6-18(3,21)7-5-12/h8,11-12,20-21H,4-7,9-10,19H2,1-3H3. The lowest BCUT2D eigenvalue weighted by molar-refractivity contribution is 0.00976. The first-order valence-electron chi connectivity index (χ1n) is 8.55. The lowest BCUT2D eigenvalue weighted by Gasteiger charge is -2.33. The van der Waals surface area contributed by atoms with Crippen molar-refractivity contribution in [1.29, 1.82) is 0 Å². The van der Waals surface area contributed by atoms with Gasteiger partial charge in [-0.1, -0.05) is 13.8 Å². The van der Waals surface area contributed by atoms with Crippen molar-refractivity contribution in [3.05, 3.63) is 11.6 Å². The van der Waals surface area contributed by atoms with Crippen LogP contribution in [0.15, 0.2) is 6.07 Å². The quantitative estimate of drug-likeness (QED) is 0.741. The Hall–Kier alpha value is -1.62. The lowest BCUT2D eigenvalue weighted by atomic mass is 9.80. The molecule has 2 aliphatic rings. The number of aliphatic hydroxyl groups is 1. The van der Waals surface area contributed by atoms with E-state index in [0.717, 1.165) is 55.0 Å². The van der Waals surface area contributed by atoms with Crippen molar-refractivity contribution in [3.8, 4) is 11.5 Å². The van der Waals surface area contributed by atoms with E-state index in [9.17, 15) is 5.11 Å². The Kier molecular flexibility index (Phi) is 4.32. The number of nitrogens with one attached hydrogen (secondary N) is 1. The summed E-state index contributed by atoms with van der Waals surface area (Å²) >= 11 is 0. The van der Waals surface area contributed by atoms with Crippen LogP contribution in [0.3, 0.4) is 0 Å². The summed E-state index contributed by atoms with van der Waals surface area (Å²) in [6, 6.07) is 1.99. The summed E-state index contributed by atoms with van der Waals surface area (Å²) in [6.45, 7) is 7.27. The minimum atomic E-state index is -0.493. The molecule has 0 amide bonds. The van der Waals surface area contributed by atoms with Crippen LogP contribution in [-0.4, -0.2) is 24.0 Å². The third kappa shape index (κ3) is 3.34. The number of fused-ring (bicyclic) bond motifs is 1. The molecular weight excluding hydrogens is 292 g/mol. The van der Waals surface area contributed by atoms with E-state index in [1.807, 2.05) is 13.0 Å². The number of hydrogen-bond donors (Lipinski definition) is 3. The maximum atomic E-state index is 10.1. The minimum absolute atomic E-state index is 0.249. The van der Waals surface area contributed by atoms with E-state index in [1.54, 1.807) is 0 Å².